The Balaban J connectivity index is 3.44. The third-order valence-electron chi connectivity index (χ3n) is 1.38. The molecule has 0 saturated heterocycles. The van der Waals surface area contributed by atoms with Crippen LogP contribution in [0.15, 0.2) is 10.5 Å². The summed E-state index contributed by atoms with van der Waals surface area (Å²) in [7, 11) is 0. The molecule has 0 N–H and O–H groups in total. The number of aromatic nitrogens is 1. The third-order valence-corrected chi connectivity index (χ3v) is 2.77. The van der Waals surface area contributed by atoms with Crippen LogP contribution in [0.5, 0.6) is 0 Å². The molecule has 0 amide bonds. The lowest BCUT2D eigenvalue weighted by molar-refractivity contribution is 0.106. The van der Waals surface area contributed by atoms with E-state index >= 15 is 0 Å². The normalized spacial score (nSPS) is 10.7. The second-order valence-electron chi connectivity index (χ2n) is 2.26. The van der Waals surface area contributed by atoms with Gasteiger partial charge in [0, 0.05) is 4.47 Å². The van der Waals surface area contributed by atoms with E-state index < -0.39 is 22.9 Å². The molecule has 0 aliphatic carbocycles. The van der Waals surface area contributed by atoms with E-state index in [0.717, 1.165) is 0 Å². The second-order valence-corrected chi connectivity index (χ2v) is 4.57. The standard InChI is InChI=1S/C7H2BrClF2INO/c8-2-1-3(12)13-5(6(9)14)4(2)7(10)11/h1,7H. The van der Waals surface area contributed by atoms with Crippen LogP contribution in [-0.2, 0) is 0 Å². The fourth-order valence-corrected chi connectivity index (χ4v) is 2.55. The molecule has 0 aliphatic heterocycles. The molecule has 0 aromatic carbocycles. The number of carbonyl (C=O) groups is 1. The molecule has 1 aromatic rings. The van der Waals surface area contributed by atoms with Crippen LogP contribution in [0.3, 0.4) is 0 Å². The van der Waals surface area contributed by atoms with Gasteiger partial charge in [0.1, 0.15) is 9.39 Å². The first kappa shape index (κ1) is 12.3. The van der Waals surface area contributed by atoms with Crippen molar-refractivity contribution in [3.63, 3.8) is 0 Å². The molecule has 14 heavy (non-hydrogen) atoms. The summed E-state index contributed by atoms with van der Waals surface area (Å²) < 4.78 is 25.5. The van der Waals surface area contributed by atoms with Gasteiger partial charge in [-0.1, -0.05) is 15.9 Å². The van der Waals surface area contributed by atoms with Crippen molar-refractivity contribution in [1.82, 2.24) is 4.98 Å². The lowest BCUT2D eigenvalue weighted by Crippen LogP contribution is -2.04. The summed E-state index contributed by atoms with van der Waals surface area (Å²) >= 11 is 9.88. The third kappa shape index (κ3) is 2.60. The van der Waals surface area contributed by atoms with Crippen molar-refractivity contribution in [3.05, 3.63) is 25.5 Å². The van der Waals surface area contributed by atoms with E-state index in [1.807, 2.05) is 22.6 Å². The number of pyridine rings is 1. The Bertz CT molecular complexity index is 388. The molecule has 0 aliphatic rings. The fourth-order valence-electron chi connectivity index (χ4n) is 0.852. The van der Waals surface area contributed by atoms with E-state index in [0.29, 0.717) is 3.70 Å². The summed E-state index contributed by atoms with van der Waals surface area (Å²) in [6, 6.07) is 1.39. The largest absolute Gasteiger partial charge is 0.274 e. The van der Waals surface area contributed by atoms with Gasteiger partial charge in [-0.05, 0) is 40.3 Å². The molecule has 0 radical (unpaired) electrons. The average molecular weight is 396 g/mol. The minimum absolute atomic E-state index is 0.135. The van der Waals surface area contributed by atoms with Gasteiger partial charge in [-0.2, -0.15) is 0 Å². The van der Waals surface area contributed by atoms with Crippen molar-refractivity contribution in [3.8, 4) is 0 Å². The number of carbonyl (C=O) groups excluding carboxylic acids is 1. The number of nitrogens with zero attached hydrogens (tertiary/aromatic N) is 1. The molecular formula is C7H2BrClF2INO. The van der Waals surface area contributed by atoms with Crippen LogP contribution in [0.4, 0.5) is 8.78 Å². The van der Waals surface area contributed by atoms with Crippen molar-refractivity contribution in [2.45, 2.75) is 6.43 Å². The van der Waals surface area contributed by atoms with Crippen LogP contribution >= 0.6 is 50.1 Å². The number of rotatable bonds is 2. The summed E-state index contributed by atoms with van der Waals surface area (Å²) in [5, 5.41) is -0.987. The summed E-state index contributed by atoms with van der Waals surface area (Å²) in [6.07, 6.45) is -2.79. The minimum Gasteiger partial charge on any atom is -0.274 e. The highest BCUT2D eigenvalue weighted by molar-refractivity contribution is 14.1. The van der Waals surface area contributed by atoms with Gasteiger partial charge < -0.3 is 0 Å². The van der Waals surface area contributed by atoms with Crippen molar-refractivity contribution in [2.24, 2.45) is 0 Å². The Morgan fingerprint density at radius 3 is 2.64 bits per heavy atom. The molecule has 0 spiro atoms. The van der Waals surface area contributed by atoms with E-state index in [4.69, 9.17) is 11.6 Å². The first-order valence-corrected chi connectivity index (χ1v) is 5.52. The number of hydrogen-bond acceptors (Lipinski definition) is 2. The minimum atomic E-state index is -2.79. The average Bonchev–Trinajstić information content (AvgIpc) is 2.01. The highest BCUT2D eigenvalue weighted by Gasteiger charge is 2.22. The van der Waals surface area contributed by atoms with Gasteiger partial charge >= 0.3 is 0 Å². The van der Waals surface area contributed by atoms with Crippen LogP contribution < -0.4 is 0 Å². The number of halogens is 5. The first-order valence-electron chi connectivity index (χ1n) is 3.27. The van der Waals surface area contributed by atoms with E-state index in [-0.39, 0.29) is 4.47 Å². The smallest absolute Gasteiger partial charge is 0.271 e. The van der Waals surface area contributed by atoms with Crippen molar-refractivity contribution < 1.29 is 13.6 Å². The summed E-state index contributed by atoms with van der Waals surface area (Å²) in [5.74, 6) is 0. The Labute approximate surface area is 105 Å². The predicted octanol–water partition coefficient (Wildman–Crippen LogP) is 3.77. The van der Waals surface area contributed by atoms with Crippen molar-refractivity contribution in [1.29, 1.82) is 0 Å². The molecule has 76 valence electrons. The molecule has 0 atom stereocenters. The maximum Gasteiger partial charge on any atom is 0.271 e. The Morgan fingerprint density at radius 1 is 1.64 bits per heavy atom. The second kappa shape index (κ2) is 4.80. The maximum atomic E-state index is 12.5. The zero-order valence-corrected chi connectivity index (χ0v) is 10.9. The fraction of sp³-hybridized carbons (Fsp3) is 0.143. The van der Waals surface area contributed by atoms with Crippen LogP contribution in [0.2, 0.25) is 0 Å². The summed E-state index contributed by atoms with van der Waals surface area (Å²) in [4.78, 5) is 14.5. The van der Waals surface area contributed by atoms with Gasteiger partial charge in [-0.25, -0.2) is 13.8 Å². The molecular weight excluding hydrogens is 394 g/mol. The zero-order chi connectivity index (χ0) is 10.9. The lowest BCUT2D eigenvalue weighted by Gasteiger charge is -2.07. The first-order chi connectivity index (χ1) is 6.43. The Morgan fingerprint density at radius 2 is 2.21 bits per heavy atom. The van der Waals surface area contributed by atoms with Gasteiger partial charge in [0.2, 0.25) is 0 Å². The number of alkyl halides is 2. The van der Waals surface area contributed by atoms with E-state index in [1.165, 1.54) is 6.07 Å². The topological polar surface area (TPSA) is 30.0 Å². The highest BCUT2D eigenvalue weighted by atomic mass is 127. The van der Waals surface area contributed by atoms with Gasteiger partial charge in [-0.3, -0.25) is 4.79 Å². The highest BCUT2D eigenvalue weighted by Crippen LogP contribution is 2.31. The molecule has 1 heterocycles. The van der Waals surface area contributed by atoms with E-state index in [1.54, 1.807) is 0 Å². The van der Waals surface area contributed by atoms with E-state index in [9.17, 15) is 13.6 Å². The molecule has 2 nitrogen and oxygen atoms in total. The van der Waals surface area contributed by atoms with Crippen molar-refractivity contribution >= 4 is 55.4 Å². The molecule has 1 rings (SSSR count). The van der Waals surface area contributed by atoms with Crippen LogP contribution in [0.1, 0.15) is 22.5 Å². The van der Waals surface area contributed by atoms with Gasteiger partial charge in [0.25, 0.3) is 11.7 Å². The van der Waals surface area contributed by atoms with Crippen molar-refractivity contribution in [2.75, 3.05) is 0 Å². The molecule has 0 fully saturated rings. The van der Waals surface area contributed by atoms with Gasteiger partial charge in [-0.15, -0.1) is 0 Å². The van der Waals surface area contributed by atoms with Gasteiger partial charge in [0.05, 0.1) is 5.56 Å². The summed E-state index contributed by atoms with van der Waals surface area (Å²) in [6.45, 7) is 0. The maximum absolute atomic E-state index is 12.5. The Kier molecular flexibility index (Phi) is 4.20. The molecule has 1 aromatic heterocycles. The van der Waals surface area contributed by atoms with Gasteiger partial charge in [0.15, 0.2) is 0 Å². The lowest BCUT2D eigenvalue weighted by atomic mass is 10.2. The molecule has 0 unspecified atom stereocenters. The quantitative estimate of drug-likeness (QED) is 0.433. The monoisotopic (exact) mass is 395 g/mol. The zero-order valence-electron chi connectivity index (χ0n) is 6.40. The van der Waals surface area contributed by atoms with Crippen LogP contribution in [0.25, 0.3) is 0 Å². The molecule has 0 bridgehead atoms. The summed E-state index contributed by atoms with van der Waals surface area (Å²) in [5.41, 5.74) is -0.870. The Hall–Kier alpha value is 0.180. The van der Waals surface area contributed by atoms with Crippen LogP contribution in [-0.4, -0.2) is 10.2 Å². The predicted molar refractivity (Wildman–Crippen MR) is 59.8 cm³/mol. The number of hydrogen-bond donors (Lipinski definition) is 0. The van der Waals surface area contributed by atoms with E-state index in [2.05, 4.69) is 20.9 Å². The SMILES string of the molecule is O=C(Cl)c1nc(I)cc(Br)c1C(F)F. The molecule has 0 saturated carbocycles. The van der Waals surface area contributed by atoms with Crippen LogP contribution in [0, 0.1) is 3.70 Å². The molecule has 7 heteroatoms.